The van der Waals surface area contributed by atoms with Gasteiger partial charge in [-0.2, -0.15) is 0 Å². The summed E-state index contributed by atoms with van der Waals surface area (Å²) in [6, 6.07) is 13.4. The molecule has 0 aliphatic heterocycles. The van der Waals surface area contributed by atoms with E-state index in [0.29, 0.717) is 11.1 Å². The van der Waals surface area contributed by atoms with Gasteiger partial charge in [0.2, 0.25) is 0 Å². The molecule has 0 unspecified atom stereocenters. The smallest absolute Gasteiger partial charge is 0.317 e. The number of phenolic OH excluding ortho intramolecular Hbond substituents is 2. The summed E-state index contributed by atoms with van der Waals surface area (Å²) in [6.07, 6.45) is 0. The van der Waals surface area contributed by atoms with E-state index in [9.17, 15) is 19.8 Å². The van der Waals surface area contributed by atoms with Crippen LogP contribution in [-0.4, -0.2) is 68.3 Å². The summed E-state index contributed by atoms with van der Waals surface area (Å²) in [5.41, 5.74) is 1.18. The maximum atomic E-state index is 11.2. The number of hydrogen-bond acceptors (Lipinski definition) is 6. The SMILES string of the molecule is C.O=C(O)CN(CCN(CC(=O)O)Cc1ccccc1O)Cc1ccccc1O.[Fe]. The van der Waals surface area contributed by atoms with Gasteiger partial charge in [-0.15, -0.1) is 0 Å². The fourth-order valence-corrected chi connectivity index (χ4v) is 2.86. The molecule has 0 aromatic heterocycles. The van der Waals surface area contributed by atoms with Crippen LogP contribution in [0.25, 0.3) is 0 Å². The van der Waals surface area contributed by atoms with Gasteiger partial charge < -0.3 is 20.4 Å². The number of carbonyl (C=O) groups is 2. The molecule has 2 aromatic rings. The Bertz CT molecular complexity index is 750. The van der Waals surface area contributed by atoms with Crippen molar-refractivity contribution in [2.24, 2.45) is 0 Å². The van der Waals surface area contributed by atoms with Gasteiger partial charge in [-0.25, -0.2) is 0 Å². The van der Waals surface area contributed by atoms with Crippen LogP contribution in [0.2, 0.25) is 0 Å². The quantitative estimate of drug-likeness (QED) is 0.377. The van der Waals surface area contributed by atoms with Crippen LogP contribution in [0.1, 0.15) is 18.6 Å². The predicted octanol–water partition coefficient (Wildman–Crippen LogP) is 2.20. The van der Waals surface area contributed by atoms with Gasteiger partial charge in [-0.3, -0.25) is 19.4 Å². The summed E-state index contributed by atoms with van der Waals surface area (Å²) in [4.78, 5) is 25.6. The van der Waals surface area contributed by atoms with Crippen LogP contribution in [0, 0.1) is 0 Å². The Balaban J connectivity index is 0.00000420. The number of phenols is 2. The Morgan fingerprint density at radius 3 is 1.33 bits per heavy atom. The molecule has 0 atom stereocenters. The van der Waals surface area contributed by atoms with Gasteiger partial charge in [-0.1, -0.05) is 43.8 Å². The Labute approximate surface area is 186 Å². The predicted molar refractivity (Wildman–Crippen MR) is 109 cm³/mol. The third kappa shape index (κ3) is 9.28. The van der Waals surface area contributed by atoms with Gasteiger partial charge in [0.15, 0.2) is 0 Å². The van der Waals surface area contributed by atoms with Gasteiger partial charge >= 0.3 is 11.9 Å². The van der Waals surface area contributed by atoms with Crippen LogP contribution in [0.3, 0.4) is 0 Å². The summed E-state index contributed by atoms with van der Waals surface area (Å²) >= 11 is 0. The van der Waals surface area contributed by atoms with Crippen molar-refractivity contribution in [3.63, 3.8) is 0 Å². The molecule has 30 heavy (non-hydrogen) atoms. The van der Waals surface area contributed by atoms with Crippen LogP contribution in [0.4, 0.5) is 0 Å². The maximum Gasteiger partial charge on any atom is 0.317 e. The van der Waals surface area contributed by atoms with Gasteiger partial charge in [0, 0.05) is 54.4 Å². The molecule has 2 aromatic carbocycles. The average Bonchev–Trinajstić information content (AvgIpc) is 2.62. The molecule has 0 fully saturated rings. The molecular formula is C21H28FeN2O6. The van der Waals surface area contributed by atoms with Gasteiger partial charge in [0.25, 0.3) is 0 Å². The fraction of sp³-hybridized carbons (Fsp3) is 0.333. The molecule has 9 heteroatoms. The van der Waals surface area contributed by atoms with Crippen molar-refractivity contribution in [3.8, 4) is 11.5 Å². The molecular weight excluding hydrogens is 432 g/mol. The van der Waals surface area contributed by atoms with Crippen molar-refractivity contribution in [2.75, 3.05) is 26.2 Å². The third-order valence-electron chi connectivity index (χ3n) is 4.22. The first-order valence-electron chi connectivity index (χ1n) is 8.77. The Kier molecular flexibility index (Phi) is 12.4. The van der Waals surface area contributed by atoms with Crippen molar-refractivity contribution in [2.45, 2.75) is 20.5 Å². The summed E-state index contributed by atoms with van der Waals surface area (Å²) < 4.78 is 0. The van der Waals surface area contributed by atoms with Crippen LogP contribution in [0.5, 0.6) is 11.5 Å². The maximum absolute atomic E-state index is 11.2. The minimum atomic E-state index is -1.01. The Morgan fingerprint density at radius 2 is 1.03 bits per heavy atom. The number of benzene rings is 2. The summed E-state index contributed by atoms with van der Waals surface area (Å²) in [5, 5.41) is 38.2. The van der Waals surface area contributed by atoms with E-state index in [1.54, 1.807) is 46.2 Å². The van der Waals surface area contributed by atoms with E-state index >= 15 is 0 Å². The van der Waals surface area contributed by atoms with Crippen molar-refractivity contribution < 1.29 is 47.1 Å². The first-order chi connectivity index (χ1) is 13.3. The van der Waals surface area contributed by atoms with Crippen molar-refractivity contribution in [1.29, 1.82) is 0 Å². The van der Waals surface area contributed by atoms with E-state index in [1.807, 2.05) is 0 Å². The molecule has 8 nitrogen and oxygen atoms in total. The Morgan fingerprint density at radius 1 is 0.700 bits per heavy atom. The molecule has 0 saturated carbocycles. The zero-order chi connectivity index (χ0) is 20.5. The molecule has 0 spiro atoms. The molecule has 0 bridgehead atoms. The number of carboxylic acid groups (broad SMARTS) is 2. The molecule has 0 radical (unpaired) electrons. The number of aliphatic carboxylic acids is 2. The third-order valence-corrected chi connectivity index (χ3v) is 4.22. The van der Waals surface area contributed by atoms with E-state index in [-0.39, 0.29) is 75.3 Å². The van der Waals surface area contributed by atoms with Gasteiger partial charge in [-0.05, 0) is 12.1 Å². The molecule has 166 valence electrons. The van der Waals surface area contributed by atoms with Crippen LogP contribution in [0.15, 0.2) is 48.5 Å². The monoisotopic (exact) mass is 460 g/mol. The second-order valence-corrected chi connectivity index (χ2v) is 6.47. The number of aromatic hydroxyl groups is 2. The van der Waals surface area contributed by atoms with Crippen molar-refractivity contribution in [3.05, 3.63) is 59.7 Å². The second kappa shape index (κ2) is 13.6. The Hall–Kier alpha value is -2.58. The molecule has 0 heterocycles. The zero-order valence-electron chi connectivity index (χ0n) is 15.7. The summed E-state index contributed by atoms with van der Waals surface area (Å²) in [5.74, 6) is -1.87. The number of para-hydroxylation sites is 2. The minimum absolute atomic E-state index is 0. The van der Waals surface area contributed by atoms with E-state index in [4.69, 9.17) is 10.2 Å². The van der Waals surface area contributed by atoms with Crippen LogP contribution >= 0.6 is 0 Å². The minimum Gasteiger partial charge on any atom is -0.508 e. The molecule has 0 amide bonds. The summed E-state index contributed by atoms with van der Waals surface area (Å²) in [7, 11) is 0. The van der Waals surface area contributed by atoms with Gasteiger partial charge in [0.05, 0.1) is 13.1 Å². The topological polar surface area (TPSA) is 122 Å². The molecule has 4 N–H and O–H groups in total. The van der Waals surface area contributed by atoms with E-state index in [0.717, 1.165) is 0 Å². The second-order valence-electron chi connectivity index (χ2n) is 6.47. The fourth-order valence-electron chi connectivity index (χ4n) is 2.86. The van der Waals surface area contributed by atoms with Gasteiger partial charge in [0.1, 0.15) is 11.5 Å². The normalized spacial score (nSPS) is 10.3. The number of hydrogen-bond donors (Lipinski definition) is 4. The number of rotatable bonds is 11. The van der Waals surface area contributed by atoms with E-state index in [2.05, 4.69) is 0 Å². The zero-order valence-corrected chi connectivity index (χ0v) is 16.8. The first-order valence-corrected chi connectivity index (χ1v) is 8.77. The first kappa shape index (κ1) is 27.4. The van der Waals surface area contributed by atoms with Crippen molar-refractivity contribution >= 4 is 11.9 Å². The molecule has 0 aliphatic rings. The van der Waals surface area contributed by atoms with E-state index in [1.165, 1.54) is 12.1 Å². The van der Waals surface area contributed by atoms with Crippen molar-refractivity contribution in [1.82, 2.24) is 9.80 Å². The summed E-state index contributed by atoms with van der Waals surface area (Å²) in [6.45, 7) is 0.508. The molecule has 0 saturated heterocycles. The average molecular weight is 460 g/mol. The van der Waals surface area contributed by atoms with E-state index < -0.39 is 11.9 Å². The largest absolute Gasteiger partial charge is 0.508 e. The number of nitrogens with zero attached hydrogens (tertiary/aromatic N) is 2. The number of carboxylic acids is 2. The molecule has 0 aliphatic carbocycles. The molecule has 2 rings (SSSR count). The van der Waals surface area contributed by atoms with Crippen LogP contribution in [-0.2, 0) is 39.7 Å². The standard InChI is InChI=1S/C20H24N2O6.CH4.Fe/c23-17-7-3-1-5-15(17)11-21(13-19(25)26)9-10-22(14-20(27)28)12-16-6-2-4-8-18(16)24;;/h1-8,23-24H,9-14H2,(H,25,26)(H,27,28);1H4;. The van der Waals surface area contributed by atoms with Crippen LogP contribution < -0.4 is 0 Å².